The number of ether oxygens (including phenoxy) is 3. The quantitative estimate of drug-likeness (QED) is 0.561. The summed E-state index contributed by atoms with van der Waals surface area (Å²) in [4.78, 5) is 16.4. The Morgan fingerprint density at radius 3 is 2.62 bits per heavy atom. The standard InChI is InChI=1S/C20H18ClNO4/c1-24-17-6-4-3-5-13(17)7-10-19-22-16(20(23)26-19)12-14-11-15(21)8-9-18(14)25-2/h3-6,8-9,11-12H,7,10H2,1-2H3/b16-12+. The predicted octanol–water partition coefficient (Wildman–Crippen LogP) is 4.29. The van der Waals surface area contributed by atoms with Crippen LogP contribution in [0.4, 0.5) is 0 Å². The molecule has 0 unspecified atom stereocenters. The van der Waals surface area contributed by atoms with E-state index in [2.05, 4.69) is 4.99 Å². The fraction of sp³-hybridized carbons (Fsp3) is 0.200. The maximum Gasteiger partial charge on any atom is 0.363 e. The number of carbonyl (C=O) groups is 1. The largest absolute Gasteiger partial charge is 0.496 e. The molecule has 2 aromatic rings. The summed E-state index contributed by atoms with van der Waals surface area (Å²) in [5, 5.41) is 0.546. The molecule has 1 aliphatic heterocycles. The van der Waals surface area contributed by atoms with Crippen molar-refractivity contribution in [2.45, 2.75) is 12.8 Å². The van der Waals surface area contributed by atoms with Crippen LogP contribution in [0.15, 0.2) is 53.2 Å². The number of aryl methyl sites for hydroxylation is 1. The minimum Gasteiger partial charge on any atom is -0.496 e. The van der Waals surface area contributed by atoms with Gasteiger partial charge in [0.15, 0.2) is 11.6 Å². The molecular weight excluding hydrogens is 354 g/mol. The van der Waals surface area contributed by atoms with Crippen molar-refractivity contribution in [2.75, 3.05) is 14.2 Å². The Morgan fingerprint density at radius 1 is 1.08 bits per heavy atom. The number of hydrogen-bond acceptors (Lipinski definition) is 5. The van der Waals surface area contributed by atoms with Gasteiger partial charge in [-0.1, -0.05) is 29.8 Å². The van der Waals surface area contributed by atoms with Gasteiger partial charge in [-0.2, -0.15) is 0 Å². The lowest BCUT2D eigenvalue weighted by molar-refractivity contribution is -0.130. The van der Waals surface area contributed by atoms with Crippen LogP contribution in [0, 0.1) is 0 Å². The Hall–Kier alpha value is -2.79. The van der Waals surface area contributed by atoms with Gasteiger partial charge in [-0.15, -0.1) is 0 Å². The molecule has 1 aliphatic rings. The number of halogens is 1. The van der Waals surface area contributed by atoms with Gasteiger partial charge >= 0.3 is 5.97 Å². The number of aliphatic imine (C=N–C) groups is 1. The number of hydrogen-bond donors (Lipinski definition) is 0. The van der Waals surface area contributed by atoms with E-state index in [1.807, 2.05) is 24.3 Å². The number of esters is 1. The fourth-order valence-electron chi connectivity index (χ4n) is 2.68. The zero-order valence-electron chi connectivity index (χ0n) is 14.5. The zero-order valence-corrected chi connectivity index (χ0v) is 15.2. The Morgan fingerprint density at radius 2 is 1.85 bits per heavy atom. The first-order valence-electron chi connectivity index (χ1n) is 8.07. The smallest absolute Gasteiger partial charge is 0.363 e. The number of cyclic esters (lactones) is 1. The van der Waals surface area contributed by atoms with Crippen LogP contribution in [0.2, 0.25) is 5.02 Å². The molecule has 0 aromatic heterocycles. The average Bonchev–Trinajstić information content (AvgIpc) is 3.00. The lowest BCUT2D eigenvalue weighted by atomic mass is 10.1. The lowest BCUT2D eigenvalue weighted by Gasteiger charge is -2.07. The molecule has 0 saturated carbocycles. The van der Waals surface area contributed by atoms with Crippen LogP contribution in [-0.2, 0) is 16.0 Å². The summed E-state index contributed by atoms with van der Waals surface area (Å²) in [6, 6.07) is 12.9. The fourth-order valence-corrected chi connectivity index (χ4v) is 2.86. The molecule has 0 radical (unpaired) electrons. The molecule has 134 valence electrons. The Kier molecular flexibility index (Phi) is 5.58. The highest BCUT2D eigenvalue weighted by Gasteiger charge is 2.23. The van der Waals surface area contributed by atoms with Gasteiger partial charge in [0.1, 0.15) is 11.5 Å². The molecule has 6 heteroatoms. The molecule has 26 heavy (non-hydrogen) atoms. The molecule has 5 nitrogen and oxygen atoms in total. The van der Waals surface area contributed by atoms with Crippen LogP contribution in [0.3, 0.4) is 0 Å². The average molecular weight is 372 g/mol. The van der Waals surface area contributed by atoms with Gasteiger partial charge in [-0.3, -0.25) is 0 Å². The predicted molar refractivity (Wildman–Crippen MR) is 101 cm³/mol. The molecule has 0 fully saturated rings. The molecule has 0 N–H and O–H groups in total. The first-order chi connectivity index (χ1) is 12.6. The molecular formula is C20H18ClNO4. The summed E-state index contributed by atoms with van der Waals surface area (Å²) < 4.78 is 15.9. The van der Waals surface area contributed by atoms with E-state index in [1.54, 1.807) is 38.5 Å². The third-order valence-electron chi connectivity index (χ3n) is 3.95. The van der Waals surface area contributed by atoms with Crippen molar-refractivity contribution >= 4 is 29.5 Å². The van der Waals surface area contributed by atoms with Crippen molar-refractivity contribution in [1.29, 1.82) is 0 Å². The van der Waals surface area contributed by atoms with Crippen LogP contribution in [-0.4, -0.2) is 26.1 Å². The molecule has 0 atom stereocenters. The Balaban J connectivity index is 1.78. The van der Waals surface area contributed by atoms with E-state index in [0.29, 0.717) is 35.1 Å². The highest BCUT2D eigenvalue weighted by Crippen LogP contribution is 2.27. The van der Waals surface area contributed by atoms with E-state index in [1.165, 1.54) is 0 Å². The number of nitrogens with zero attached hydrogens (tertiary/aromatic N) is 1. The van der Waals surface area contributed by atoms with E-state index in [0.717, 1.165) is 11.3 Å². The highest BCUT2D eigenvalue weighted by atomic mass is 35.5. The third kappa shape index (κ3) is 4.06. The number of benzene rings is 2. The number of rotatable bonds is 6. The number of methoxy groups -OCH3 is 2. The maximum atomic E-state index is 12.1. The molecule has 0 spiro atoms. The molecule has 3 rings (SSSR count). The van der Waals surface area contributed by atoms with Crippen molar-refractivity contribution in [1.82, 2.24) is 0 Å². The SMILES string of the molecule is COc1ccc(Cl)cc1/C=C1/N=C(CCc2ccccc2OC)OC1=O. The monoisotopic (exact) mass is 371 g/mol. The summed E-state index contributed by atoms with van der Waals surface area (Å²) in [5.41, 5.74) is 1.92. The summed E-state index contributed by atoms with van der Waals surface area (Å²) in [6.45, 7) is 0. The summed E-state index contributed by atoms with van der Waals surface area (Å²) in [5.74, 6) is 1.31. The molecule has 0 aliphatic carbocycles. The number of carbonyl (C=O) groups excluding carboxylic acids is 1. The minimum atomic E-state index is -0.484. The molecule has 1 heterocycles. The zero-order chi connectivity index (χ0) is 18.5. The van der Waals surface area contributed by atoms with Gasteiger partial charge in [0.25, 0.3) is 0 Å². The molecule has 0 bridgehead atoms. The second kappa shape index (κ2) is 8.06. The van der Waals surface area contributed by atoms with Crippen LogP contribution in [0.25, 0.3) is 6.08 Å². The van der Waals surface area contributed by atoms with E-state index >= 15 is 0 Å². The summed E-state index contributed by atoms with van der Waals surface area (Å²) in [6.07, 6.45) is 2.77. The van der Waals surface area contributed by atoms with Crippen molar-refractivity contribution in [3.63, 3.8) is 0 Å². The van der Waals surface area contributed by atoms with Gasteiger partial charge in [0.2, 0.25) is 0 Å². The van der Waals surface area contributed by atoms with Crippen LogP contribution >= 0.6 is 11.6 Å². The second-order valence-electron chi connectivity index (χ2n) is 5.62. The summed E-state index contributed by atoms with van der Waals surface area (Å²) >= 11 is 6.02. The van der Waals surface area contributed by atoms with Gasteiger partial charge in [-0.05, 0) is 42.3 Å². The van der Waals surface area contributed by atoms with E-state index < -0.39 is 5.97 Å². The van der Waals surface area contributed by atoms with Gasteiger partial charge in [0, 0.05) is 17.0 Å². The second-order valence-corrected chi connectivity index (χ2v) is 6.06. The van der Waals surface area contributed by atoms with Crippen LogP contribution in [0.1, 0.15) is 17.5 Å². The molecule has 0 amide bonds. The van der Waals surface area contributed by atoms with Gasteiger partial charge in [-0.25, -0.2) is 9.79 Å². The minimum absolute atomic E-state index is 0.223. The van der Waals surface area contributed by atoms with E-state index in [9.17, 15) is 4.79 Å². The van der Waals surface area contributed by atoms with Crippen molar-refractivity contribution in [3.05, 3.63) is 64.3 Å². The van der Waals surface area contributed by atoms with E-state index in [-0.39, 0.29) is 5.70 Å². The highest BCUT2D eigenvalue weighted by molar-refractivity contribution is 6.30. The first kappa shape index (κ1) is 18.0. The first-order valence-corrected chi connectivity index (χ1v) is 8.45. The van der Waals surface area contributed by atoms with E-state index in [4.69, 9.17) is 25.8 Å². The lowest BCUT2D eigenvalue weighted by Crippen LogP contribution is -2.05. The normalized spacial score (nSPS) is 15.0. The van der Waals surface area contributed by atoms with Crippen molar-refractivity contribution in [2.24, 2.45) is 4.99 Å². The number of para-hydroxylation sites is 1. The van der Waals surface area contributed by atoms with Gasteiger partial charge in [0.05, 0.1) is 14.2 Å². The van der Waals surface area contributed by atoms with Gasteiger partial charge < -0.3 is 14.2 Å². The topological polar surface area (TPSA) is 57.1 Å². The maximum absolute atomic E-state index is 12.1. The molecule has 2 aromatic carbocycles. The van der Waals surface area contributed by atoms with Crippen LogP contribution < -0.4 is 9.47 Å². The summed E-state index contributed by atoms with van der Waals surface area (Å²) in [7, 11) is 3.19. The third-order valence-corrected chi connectivity index (χ3v) is 4.18. The van der Waals surface area contributed by atoms with Crippen LogP contribution in [0.5, 0.6) is 11.5 Å². The molecule has 0 saturated heterocycles. The van der Waals surface area contributed by atoms with Crippen molar-refractivity contribution in [3.8, 4) is 11.5 Å². The van der Waals surface area contributed by atoms with Crippen molar-refractivity contribution < 1.29 is 19.0 Å². The Bertz CT molecular complexity index is 889. The Labute approximate surface area is 156 Å².